The van der Waals surface area contributed by atoms with Crippen molar-refractivity contribution in [1.82, 2.24) is 4.90 Å². The number of rotatable bonds is 5. The highest BCUT2D eigenvalue weighted by Gasteiger charge is 2.29. The summed E-state index contributed by atoms with van der Waals surface area (Å²) < 4.78 is 10.9. The highest BCUT2D eigenvalue weighted by Crippen LogP contribution is 2.39. The second kappa shape index (κ2) is 7.11. The Kier molecular flexibility index (Phi) is 4.90. The van der Waals surface area contributed by atoms with E-state index < -0.39 is 0 Å². The average molecular weight is 342 g/mol. The van der Waals surface area contributed by atoms with E-state index >= 15 is 0 Å². The van der Waals surface area contributed by atoms with Crippen molar-refractivity contribution in [3.05, 3.63) is 63.2 Å². The first-order chi connectivity index (χ1) is 12.0. The van der Waals surface area contributed by atoms with E-state index in [0.29, 0.717) is 12.2 Å². The highest BCUT2D eigenvalue weighted by molar-refractivity contribution is 5.50. The summed E-state index contributed by atoms with van der Waals surface area (Å²) in [7, 11) is 5.30. The van der Waals surface area contributed by atoms with Crippen LogP contribution in [0, 0.1) is 10.1 Å². The molecule has 1 aliphatic rings. The fourth-order valence-electron chi connectivity index (χ4n) is 3.49. The normalized spacial score (nSPS) is 17.0. The third-order valence-corrected chi connectivity index (χ3v) is 4.87. The molecule has 1 unspecified atom stereocenters. The summed E-state index contributed by atoms with van der Waals surface area (Å²) in [6.45, 7) is 0.897. The van der Waals surface area contributed by atoms with Gasteiger partial charge in [0.15, 0.2) is 11.5 Å². The monoisotopic (exact) mass is 342 g/mol. The summed E-state index contributed by atoms with van der Waals surface area (Å²) in [4.78, 5) is 13.3. The van der Waals surface area contributed by atoms with Crippen molar-refractivity contribution in [1.29, 1.82) is 0 Å². The molecule has 25 heavy (non-hydrogen) atoms. The van der Waals surface area contributed by atoms with Gasteiger partial charge in [-0.1, -0.05) is 18.2 Å². The number of hydrogen-bond acceptors (Lipinski definition) is 5. The molecule has 3 rings (SSSR count). The smallest absolute Gasteiger partial charge is 0.272 e. The number of benzene rings is 2. The number of ether oxygens (including phenoxy) is 2. The van der Waals surface area contributed by atoms with Gasteiger partial charge >= 0.3 is 0 Å². The molecule has 0 aliphatic carbocycles. The second-order valence-electron chi connectivity index (χ2n) is 6.24. The summed E-state index contributed by atoms with van der Waals surface area (Å²) in [5.74, 6) is 1.40. The first-order valence-electron chi connectivity index (χ1n) is 8.22. The zero-order valence-electron chi connectivity index (χ0n) is 14.7. The third-order valence-electron chi connectivity index (χ3n) is 4.87. The Hall–Kier alpha value is -2.60. The van der Waals surface area contributed by atoms with Crippen LogP contribution in [0.5, 0.6) is 11.5 Å². The number of nitro groups is 1. The van der Waals surface area contributed by atoms with Gasteiger partial charge in [-0.2, -0.15) is 0 Å². The first kappa shape index (κ1) is 17.2. The predicted octanol–water partition coefficient (Wildman–Crippen LogP) is 3.38. The van der Waals surface area contributed by atoms with Gasteiger partial charge in [-0.15, -0.1) is 0 Å². The van der Waals surface area contributed by atoms with Crippen molar-refractivity contribution in [3.8, 4) is 11.5 Å². The summed E-state index contributed by atoms with van der Waals surface area (Å²) in [5.41, 5.74) is 3.26. The quantitative estimate of drug-likeness (QED) is 0.616. The van der Waals surface area contributed by atoms with Gasteiger partial charge in [0, 0.05) is 24.2 Å². The molecule has 1 atom stereocenters. The number of hydrogen-bond donors (Lipinski definition) is 0. The maximum atomic E-state index is 11.3. The highest BCUT2D eigenvalue weighted by atomic mass is 16.6. The van der Waals surface area contributed by atoms with Crippen LogP contribution in [0.3, 0.4) is 0 Å². The van der Waals surface area contributed by atoms with Gasteiger partial charge in [0.05, 0.1) is 19.1 Å². The summed E-state index contributed by atoms with van der Waals surface area (Å²) >= 11 is 0. The Balaban J connectivity index is 2.02. The topological polar surface area (TPSA) is 64.8 Å². The molecular formula is C19H22N2O4. The summed E-state index contributed by atoms with van der Waals surface area (Å²) in [6.07, 6.45) is 1.50. The Morgan fingerprint density at radius 1 is 1.20 bits per heavy atom. The van der Waals surface area contributed by atoms with Crippen molar-refractivity contribution in [2.24, 2.45) is 0 Å². The Bertz CT molecular complexity index is 791. The molecule has 0 saturated heterocycles. The lowest BCUT2D eigenvalue weighted by Crippen LogP contribution is -2.33. The fraction of sp³-hybridized carbons (Fsp3) is 0.368. The van der Waals surface area contributed by atoms with Crippen LogP contribution in [-0.2, 0) is 12.8 Å². The van der Waals surface area contributed by atoms with E-state index in [1.54, 1.807) is 26.4 Å². The van der Waals surface area contributed by atoms with E-state index in [0.717, 1.165) is 29.8 Å². The van der Waals surface area contributed by atoms with Crippen LogP contribution in [0.15, 0.2) is 36.4 Å². The van der Waals surface area contributed by atoms with Crippen molar-refractivity contribution in [3.63, 3.8) is 0 Å². The fourth-order valence-corrected chi connectivity index (χ4v) is 3.49. The summed E-state index contributed by atoms with van der Waals surface area (Å²) in [6, 6.07) is 11.0. The molecule has 2 aromatic carbocycles. The van der Waals surface area contributed by atoms with Crippen LogP contribution in [-0.4, -0.2) is 37.6 Å². The maximum Gasteiger partial charge on any atom is 0.272 e. The van der Waals surface area contributed by atoms with Crippen molar-refractivity contribution < 1.29 is 14.4 Å². The van der Waals surface area contributed by atoms with Crippen LogP contribution in [0.2, 0.25) is 0 Å². The van der Waals surface area contributed by atoms with Gasteiger partial charge in [0.1, 0.15) is 0 Å². The van der Waals surface area contributed by atoms with Gasteiger partial charge in [-0.3, -0.25) is 15.0 Å². The molecule has 1 aliphatic heterocycles. The SMILES string of the molecule is COc1cc2c(cc1OC)C(Cc1ccccc1[N+](=O)[O-])N(C)CC2. The van der Waals surface area contributed by atoms with Crippen LogP contribution in [0.25, 0.3) is 0 Å². The van der Waals surface area contributed by atoms with Gasteiger partial charge in [-0.05, 0) is 43.1 Å². The predicted molar refractivity (Wildman–Crippen MR) is 95.4 cm³/mol. The first-order valence-corrected chi connectivity index (χ1v) is 8.22. The maximum absolute atomic E-state index is 11.3. The Morgan fingerprint density at radius 2 is 1.88 bits per heavy atom. The minimum Gasteiger partial charge on any atom is -0.493 e. The van der Waals surface area contributed by atoms with E-state index in [1.807, 2.05) is 24.3 Å². The Labute approximate surface area is 147 Å². The van der Waals surface area contributed by atoms with E-state index in [2.05, 4.69) is 11.9 Å². The molecule has 0 amide bonds. The molecule has 0 fully saturated rings. The van der Waals surface area contributed by atoms with Gasteiger partial charge in [0.2, 0.25) is 0 Å². The Morgan fingerprint density at radius 3 is 2.56 bits per heavy atom. The molecule has 6 heteroatoms. The van der Waals surface area contributed by atoms with Gasteiger partial charge in [-0.25, -0.2) is 0 Å². The summed E-state index contributed by atoms with van der Waals surface area (Å²) in [5, 5.41) is 11.3. The molecule has 0 bridgehead atoms. The number of nitrogens with zero attached hydrogens (tertiary/aromatic N) is 2. The minimum atomic E-state index is -0.312. The molecule has 0 saturated carbocycles. The molecule has 0 N–H and O–H groups in total. The van der Waals surface area contributed by atoms with E-state index in [-0.39, 0.29) is 16.7 Å². The molecule has 1 heterocycles. The van der Waals surface area contributed by atoms with Crippen molar-refractivity contribution in [2.75, 3.05) is 27.8 Å². The number of nitro benzene ring substituents is 1. The lowest BCUT2D eigenvalue weighted by atomic mass is 9.88. The molecule has 2 aromatic rings. The standard InChI is InChI=1S/C19H22N2O4/c1-20-9-8-13-11-18(24-2)19(25-3)12-15(13)17(20)10-14-6-4-5-7-16(14)21(22)23/h4-7,11-12,17H,8-10H2,1-3H3. The molecule has 0 spiro atoms. The van der Waals surface area contributed by atoms with Crippen LogP contribution in [0.1, 0.15) is 22.7 Å². The molecule has 6 nitrogen and oxygen atoms in total. The number of fused-ring (bicyclic) bond motifs is 1. The number of para-hydroxylation sites is 1. The van der Waals surface area contributed by atoms with Gasteiger partial charge < -0.3 is 9.47 Å². The van der Waals surface area contributed by atoms with Crippen molar-refractivity contribution >= 4 is 5.69 Å². The minimum absolute atomic E-state index is 0.0599. The lowest BCUT2D eigenvalue weighted by Gasteiger charge is -2.35. The molecule has 0 radical (unpaired) electrons. The van der Waals surface area contributed by atoms with Crippen LogP contribution < -0.4 is 9.47 Å². The zero-order chi connectivity index (χ0) is 18.0. The molecule has 132 valence electrons. The van der Waals surface area contributed by atoms with Crippen LogP contribution in [0.4, 0.5) is 5.69 Å². The lowest BCUT2D eigenvalue weighted by molar-refractivity contribution is -0.385. The second-order valence-corrected chi connectivity index (χ2v) is 6.24. The third kappa shape index (κ3) is 3.30. The van der Waals surface area contributed by atoms with E-state index in [9.17, 15) is 10.1 Å². The number of likely N-dealkylation sites (N-methyl/N-ethyl adjacent to an activating group) is 1. The number of methoxy groups -OCH3 is 2. The van der Waals surface area contributed by atoms with Gasteiger partial charge in [0.25, 0.3) is 5.69 Å². The largest absolute Gasteiger partial charge is 0.493 e. The zero-order valence-corrected chi connectivity index (χ0v) is 14.7. The molecular weight excluding hydrogens is 320 g/mol. The van der Waals surface area contributed by atoms with E-state index in [4.69, 9.17) is 9.47 Å². The van der Waals surface area contributed by atoms with E-state index in [1.165, 1.54) is 5.56 Å². The van der Waals surface area contributed by atoms with Crippen molar-refractivity contribution in [2.45, 2.75) is 18.9 Å². The molecule has 0 aromatic heterocycles. The average Bonchev–Trinajstić information content (AvgIpc) is 2.63. The van der Waals surface area contributed by atoms with Crippen LogP contribution >= 0.6 is 0 Å².